The van der Waals surface area contributed by atoms with Crippen molar-refractivity contribution in [3.05, 3.63) is 82.5 Å². The Balaban J connectivity index is 1.49. The van der Waals surface area contributed by atoms with E-state index in [2.05, 4.69) is 16.4 Å². The summed E-state index contributed by atoms with van der Waals surface area (Å²) < 4.78 is 11.4. The first kappa shape index (κ1) is 19.2. The summed E-state index contributed by atoms with van der Waals surface area (Å²) in [6.45, 7) is 4.12. The number of hydrogen-bond donors (Lipinski definition) is 2. The highest BCUT2D eigenvalue weighted by Gasteiger charge is 2.40. The van der Waals surface area contributed by atoms with Crippen molar-refractivity contribution in [2.75, 3.05) is 6.54 Å². The van der Waals surface area contributed by atoms with Crippen LogP contribution >= 0.6 is 0 Å². The molecule has 1 aliphatic rings. The number of Topliss-reactive ketones (excluding diaryl/α,β-unsaturated/α-hetero) is 1. The molecule has 0 atom stereocenters. The van der Waals surface area contributed by atoms with Crippen molar-refractivity contribution in [3.63, 3.8) is 0 Å². The predicted molar refractivity (Wildman–Crippen MR) is 120 cm³/mol. The van der Waals surface area contributed by atoms with E-state index < -0.39 is 11.2 Å². The maximum atomic E-state index is 13.2. The number of ketones is 1. The SMILES string of the molecule is CC1(C)Oc2ccc3ccc(=O)oc3c2/C(=C\NCCc2c[nH]c3ccccc23)C1=O. The van der Waals surface area contributed by atoms with Crippen LogP contribution in [0, 0.1) is 0 Å². The number of benzene rings is 2. The highest BCUT2D eigenvalue weighted by molar-refractivity contribution is 6.28. The number of ether oxygens (including phenoxy) is 1. The Morgan fingerprint density at radius 3 is 2.74 bits per heavy atom. The van der Waals surface area contributed by atoms with Gasteiger partial charge in [-0.1, -0.05) is 18.2 Å². The molecule has 2 N–H and O–H groups in total. The van der Waals surface area contributed by atoms with Gasteiger partial charge in [0.25, 0.3) is 0 Å². The first-order valence-electron chi connectivity index (χ1n) is 10.2. The Labute approximate surface area is 178 Å². The molecule has 1 aliphatic heterocycles. The second kappa shape index (κ2) is 7.16. The monoisotopic (exact) mass is 414 g/mol. The molecule has 0 saturated heterocycles. The number of hydrogen-bond acceptors (Lipinski definition) is 5. The average molecular weight is 414 g/mol. The van der Waals surface area contributed by atoms with Crippen molar-refractivity contribution in [1.82, 2.24) is 10.3 Å². The van der Waals surface area contributed by atoms with Crippen molar-refractivity contribution in [2.24, 2.45) is 0 Å². The van der Waals surface area contributed by atoms with Crippen LogP contribution in [0.1, 0.15) is 25.0 Å². The summed E-state index contributed by atoms with van der Waals surface area (Å²) in [5.74, 6) is 0.356. The smallest absolute Gasteiger partial charge is 0.336 e. The van der Waals surface area contributed by atoms with Gasteiger partial charge in [-0.25, -0.2) is 4.79 Å². The molecule has 0 fully saturated rings. The zero-order chi connectivity index (χ0) is 21.6. The third kappa shape index (κ3) is 3.30. The first-order chi connectivity index (χ1) is 14.9. The molecule has 0 radical (unpaired) electrons. The molecule has 6 nitrogen and oxygen atoms in total. The molecule has 2 aromatic carbocycles. The highest BCUT2D eigenvalue weighted by Crippen LogP contribution is 2.41. The number of fused-ring (bicyclic) bond motifs is 4. The molecule has 0 amide bonds. The van der Waals surface area contributed by atoms with E-state index in [0.29, 0.717) is 29.0 Å². The van der Waals surface area contributed by atoms with Crippen molar-refractivity contribution in [2.45, 2.75) is 25.9 Å². The lowest BCUT2D eigenvalue weighted by Gasteiger charge is -2.32. The Kier molecular flexibility index (Phi) is 4.43. The molecule has 0 aliphatic carbocycles. The second-order valence-corrected chi connectivity index (χ2v) is 8.17. The highest BCUT2D eigenvalue weighted by atomic mass is 16.5. The van der Waals surface area contributed by atoms with Crippen molar-refractivity contribution >= 4 is 33.2 Å². The molecular weight excluding hydrogens is 392 g/mol. The van der Waals surface area contributed by atoms with Crippen molar-refractivity contribution in [1.29, 1.82) is 0 Å². The van der Waals surface area contributed by atoms with Gasteiger partial charge in [-0.15, -0.1) is 0 Å². The number of H-pyrrole nitrogens is 1. The van der Waals surface area contributed by atoms with Gasteiger partial charge in [0.05, 0.1) is 11.1 Å². The van der Waals surface area contributed by atoms with Crippen LogP contribution in [0.25, 0.3) is 27.4 Å². The summed E-state index contributed by atoms with van der Waals surface area (Å²) in [4.78, 5) is 28.3. The lowest BCUT2D eigenvalue weighted by Crippen LogP contribution is -2.42. The summed E-state index contributed by atoms with van der Waals surface area (Å²) in [6.07, 6.45) is 4.52. The summed E-state index contributed by atoms with van der Waals surface area (Å²) in [5, 5.41) is 5.20. The predicted octanol–water partition coefficient (Wildman–Crippen LogP) is 4.19. The van der Waals surface area contributed by atoms with Gasteiger partial charge in [0.2, 0.25) is 5.78 Å². The van der Waals surface area contributed by atoms with Gasteiger partial charge in [0.15, 0.2) is 5.60 Å². The van der Waals surface area contributed by atoms with Gasteiger partial charge in [0, 0.05) is 41.3 Å². The molecule has 2 aromatic heterocycles. The van der Waals surface area contributed by atoms with Crippen LogP contribution in [-0.2, 0) is 11.2 Å². The molecule has 0 unspecified atom stereocenters. The van der Waals surface area contributed by atoms with Crippen LogP contribution in [0.4, 0.5) is 0 Å². The molecule has 4 aromatic rings. The normalized spacial score (nSPS) is 16.5. The van der Waals surface area contributed by atoms with E-state index in [4.69, 9.17) is 9.15 Å². The maximum Gasteiger partial charge on any atom is 0.336 e. The van der Waals surface area contributed by atoms with Gasteiger partial charge in [-0.2, -0.15) is 0 Å². The van der Waals surface area contributed by atoms with E-state index in [9.17, 15) is 9.59 Å². The third-order valence-corrected chi connectivity index (χ3v) is 5.64. The number of rotatable bonds is 4. The van der Waals surface area contributed by atoms with Crippen LogP contribution in [0.15, 0.2) is 70.1 Å². The summed E-state index contributed by atoms with van der Waals surface area (Å²) in [7, 11) is 0. The van der Waals surface area contributed by atoms with Crippen LogP contribution in [0.3, 0.4) is 0 Å². The Bertz CT molecular complexity index is 1410. The lowest BCUT2D eigenvalue weighted by molar-refractivity contribution is -0.126. The standard InChI is InChI=1S/C25H22N2O4/c1-25(2)24(29)18(14-26-12-11-16-13-27-19-6-4-3-5-17(16)19)22-20(31-25)9-7-15-8-10-21(28)30-23(15)22/h3-10,13-14,26-27H,11-12H2,1-2H3/b18-14+. The van der Waals surface area contributed by atoms with E-state index in [0.717, 1.165) is 17.3 Å². The molecular formula is C25H22N2O4. The molecule has 6 heteroatoms. The van der Waals surface area contributed by atoms with Crippen molar-refractivity contribution < 1.29 is 13.9 Å². The molecule has 5 rings (SSSR count). The van der Waals surface area contributed by atoms with Gasteiger partial charge < -0.3 is 19.5 Å². The average Bonchev–Trinajstić information content (AvgIpc) is 3.16. The Morgan fingerprint density at radius 2 is 1.87 bits per heavy atom. The number of nitrogens with one attached hydrogen (secondary N) is 2. The fourth-order valence-electron chi connectivity index (χ4n) is 4.07. The topological polar surface area (TPSA) is 84.3 Å². The summed E-state index contributed by atoms with van der Waals surface area (Å²) in [6, 6.07) is 14.9. The number of aromatic nitrogens is 1. The second-order valence-electron chi connectivity index (χ2n) is 8.17. The number of aromatic amines is 1. The van der Waals surface area contributed by atoms with E-state index >= 15 is 0 Å². The zero-order valence-electron chi connectivity index (χ0n) is 17.3. The number of carbonyl (C=O) groups excluding carboxylic acids is 1. The van der Waals surface area contributed by atoms with Crippen LogP contribution in [-0.4, -0.2) is 22.9 Å². The third-order valence-electron chi connectivity index (χ3n) is 5.64. The van der Waals surface area contributed by atoms with Gasteiger partial charge in [-0.3, -0.25) is 4.79 Å². The minimum atomic E-state index is -1.01. The molecule has 3 heterocycles. The van der Waals surface area contributed by atoms with Gasteiger partial charge in [0.1, 0.15) is 11.3 Å². The minimum Gasteiger partial charge on any atom is -0.479 e. The van der Waals surface area contributed by atoms with E-state index in [1.54, 1.807) is 26.1 Å². The van der Waals surface area contributed by atoms with Gasteiger partial charge >= 0.3 is 5.63 Å². The van der Waals surface area contributed by atoms with Crippen LogP contribution in [0.5, 0.6) is 5.75 Å². The molecule has 0 bridgehead atoms. The van der Waals surface area contributed by atoms with E-state index in [-0.39, 0.29) is 5.78 Å². The molecule has 31 heavy (non-hydrogen) atoms. The molecule has 0 saturated carbocycles. The minimum absolute atomic E-state index is 0.168. The number of para-hydroxylation sites is 1. The van der Waals surface area contributed by atoms with Crippen LogP contribution < -0.4 is 15.7 Å². The van der Waals surface area contributed by atoms with Crippen molar-refractivity contribution in [3.8, 4) is 5.75 Å². The summed E-state index contributed by atoms with van der Waals surface area (Å²) >= 11 is 0. The Morgan fingerprint density at radius 1 is 1.06 bits per heavy atom. The molecule has 0 spiro atoms. The quantitative estimate of drug-likeness (QED) is 0.297. The molecule has 156 valence electrons. The fraction of sp³-hybridized carbons (Fsp3) is 0.200. The summed E-state index contributed by atoms with van der Waals surface area (Å²) in [5.41, 5.74) is 2.15. The first-order valence-corrected chi connectivity index (χ1v) is 10.2. The van der Waals surface area contributed by atoms with Gasteiger partial charge in [-0.05, 0) is 50.1 Å². The lowest BCUT2D eigenvalue weighted by atomic mass is 9.87. The zero-order valence-corrected chi connectivity index (χ0v) is 17.3. The fourth-order valence-corrected chi connectivity index (χ4v) is 4.07. The maximum absolute atomic E-state index is 13.2. The van der Waals surface area contributed by atoms with Crippen LogP contribution in [0.2, 0.25) is 0 Å². The number of carbonyl (C=O) groups is 1. The Hall–Kier alpha value is -3.80. The largest absolute Gasteiger partial charge is 0.479 e. The van der Waals surface area contributed by atoms with E-state index in [1.807, 2.05) is 36.5 Å². The van der Waals surface area contributed by atoms with E-state index in [1.165, 1.54) is 17.0 Å².